The van der Waals surface area contributed by atoms with E-state index >= 15 is 0 Å². The van der Waals surface area contributed by atoms with Gasteiger partial charge in [0, 0.05) is 6.21 Å². The van der Waals surface area contributed by atoms with E-state index in [9.17, 15) is 8.42 Å². The zero-order valence-electron chi connectivity index (χ0n) is 10.1. The SMILES string of the molecule is CC(C)S(=O)(=O)n1c(N)nc2ccc(C=N)cc21. The van der Waals surface area contributed by atoms with Crippen molar-refractivity contribution >= 4 is 33.2 Å². The van der Waals surface area contributed by atoms with Gasteiger partial charge in [0.25, 0.3) is 0 Å². The summed E-state index contributed by atoms with van der Waals surface area (Å²) in [6.07, 6.45) is 1.15. The van der Waals surface area contributed by atoms with Gasteiger partial charge in [0.15, 0.2) is 0 Å². The van der Waals surface area contributed by atoms with E-state index in [1.165, 1.54) is 0 Å². The minimum Gasteiger partial charge on any atom is -0.368 e. The van der Waals surface area contributed by atoms with Crippen molar-refractivity contribution in [1.82, 2.24) is 8.96 Å². The molecule has 1 aromatic carbocycles. The second-order valence-corrected chi connectivity index (χ2v) is 6.56. The summed E-state index contributed by atoms with van der Waals surface area (Å²) in [4.78, 5) is 4.02. The summed E-state index contributed by atoms with van der Waals surface area (Å²) in [6, 6.07) is 4.93. The molecule has 0 unspecified atom stereocenters. The fourth-order valence-corrected chi connectivity index (χ4v) is 2.80. The van der Waals surface area contributed by atoms with Crippen LogP contribution < -0.4 is 5.73 Å². The highest BCUT2D eigenvalue weighted by Crippen LogP contribution is 2.23. The first kappa shape index (κ1) is 12.6. The Morgan fingerprint density at radius 1 is 1.44 bits per heavy atom. The largest absolute Gasteiger partial charge is 0.368 e. The second kappa shape index (κ2) is 4.09. The van der Waals surface area contributed by atoms with Crippen LogP contribution in [-0.2, 0) is 10.0 Å². The van der Waals surface area contributed by atoms with Crippen molar-refractivity contribution in [2.75, 3.05) is 5.73 Å². The van der Waals surface area contributed by atoms with Crippen LogP contribution in [0.4, 0.5) is 5.95 Å². The van der Waals surface area contributed by atoms with E-state index in [0.29, 0.717) is 16.6 Å². The van der Waals surface area contributed by atoms with Gasteiger partial charge in [-0.1, -0.05) is 6.07 Å². The lowest BCUT2D eigenvalue weighted by Gasteiger charge is -2.11. The molecule has 0 saturated heterocycles. The number of hydrogen-bond acceptors (Lipinski definition) is 5. The third-order valence-corrected chi connectivity index (χ3v) is 4.76. The summed E-state index contributed by atoms with van der Waals surface area (Å²) in [6.45, 7) is 3.17. The summed E-state index contributed by atoms with van der Waals surface area (Å²) in [7, 11) is -3.56. The first-order valence-corrected chi connectivity index (χ1v) is 6.91. The van der Waals surface area contributed by atoms with E-state index in [2.05, 4.69) is 4.98 Å². The zero-order valence-corrected chi connectivity index (χ0v) is 10.9. The molecule has 96 valence electrons. The van der Waals surface area contributed by atoms with Crippen LogP contribution in [0.5, 0.6) is 0 Å². The van der Waals surface area contributed by atoms with Crippen molar-refractivity contribution < 1.29 is 8.42 Å². The van der Waals surface area contributed by atoms with Crippen LogP contribution in [0.15, 0.2) is 18.2 Å². The molecule has 2 aromatic rings. The number of nitrogens with one attached hydrogen (secondary N) is 1. The van der Waals surface area contributed by atoms with E-state index < -0.39 is 15.3 Å². The van der Waals surface area contributed by atoms with Crippen molar-refractivity contribution in [2.45, 2.75) is 19.1 Å². The highest BCUT2D eigenvalue weighted by Gasteiger charge is 2.24. The van der Waals surface area contributed by atoms with Gasteiger partial charge in [-0.25, -0.2) is 17.4 Å². The molecule has 7 heteroatoms. The molecule has 0 amide bonds. The van der Waals surface area contributed by atoms with Crippen LogP contribution in [0.3, 0.4) is 0 Å². The number of aromatic nitrogens is 2. The van der Waals surface area contributed by atoms with Crippen LogP contribution in [-0.4, -0.2) is 28.8 Å². The van der Waals surface area contributed by atoms with Crippen molar-refractivity contribution in [1.29, 1.82) is 5.41 Å². The van der Waals surface area contributed by atoms with Gasteiger partial charge >= 0.3 is 0 Å². The Labute approximate surface area is 105 Å². The summed E-state index contributed by atoms with van der Waals surface area (Å²) in [5.74, 6) is -0.0548. The smallest absolute Gasteiger partial charge is 0.244 e. The highest BCUT2D eigenvalue weighted by atomic mass is 32.2. The number of hydrogen-bond donors (Lipinski definition) is 2. The Bertz CT molecular complexity index is 716. The van der Waals surface area contributed by atoms with Crippen LogP contribution in [0.2, 0.25) is 0 Å². The number of nitrogens with zero attached hydrogens (tertiary/aromatic N) is 2. The molecule has 0 aliphatic rings. The van der Waals surface area contributed by atoms with Crippen molar-refractivity contribution in [3.05, 3.63) is 23.8 Å². The van der Waals surface area contributed by atoms with E-state index in [1.54, 1.807) is 32.0 Å². The van der Waals surface area contributed by atoms with Crippen LogP contribution >= 0.6 is 0 Å². The molecule has 0 spiro atoms. The van der Waals surface area contributed by atoms with E-state index in [1.807, 2.05) is 0 Å². The van der Waals surface area contributed by atoms with Crippen molar-refractivity contribution in [3.63, 3.8) is 0 Å². The maximum Gasteiger partial charge on any atom is 0.244 e. The molecule has 6 nitrogen and oxygen atoms in total. The Balaban J connectivity index is 2.85. The van der Waals surface area contributed by atoms with Gasteiger partial charge in [-0.05, 0) is 31.5 Å². The predicted octanol–water partition coefficient (Wildman–Crippen LogP) is 1.20. The van der Waals surface area contributed by atoms with Gasteiger partial charge in [-0.15, -0.1) is 0 Å². The zero-order chi connectivity index (χ0) is 13.5. The lowest BCUT2D eigenvalue weighted by atomic mass is 10.2. The molecule has 0 aliphatic carbocycles. The molecular weight excluding hydrogens is 252 g/mol. The number of anilines is 1. The van der Waals surface area contributed by atoms with Crippen LogP contribution in [0.1, 0.15) is 19.4 Å². The molecule has 0 radical (unpaired) electrons. The predicted molar refractivity (Wildman–Crippen MR) is 71.5 cm³/mol. The lowest BCUT2D eigenvalue weighted by molar-refractivity contribution is 0.580. The maximum absolute atomic E-state index is 12.2. The quantitative estimate of drug-likeness (QED) is 0.815. The molecule has 0 fully saturated rings. The Hall–Kier alpha value is -1.89. The number of imidazole rings is 1. The lowest BCUT2D eigenvalue weighted by Crippen LogP contribution is -2.23. The molecule has 0 saturated carbocycles. The average molecular weight is 266 g/mol. The minimum atomic E-state index is -3.56. The maximum atomic E-state index is 12.2. The summed E-state index contributed by atoms with van der Waals surface area (Å²) in [5, 5.41) is 6.60. The molecule has 0 atom stereocenters. The Morgan fingerprint density at radius 3 is 2.67 bits per heavy atom. The molecule has 1 aromatic heterocycles. The number of nitrogens with two attached hydrogens (primary N) is 1. The summed E-state index contributed by atoms with van der Waals surface area (Å²) >= 11 is 0. The molecule has 0 bridgehead atoms. The van der Waals surface area contributed by atoms with Gasteiger partial charge in [-0.2, -0.15) is 0 Å². The van der Waals surface area contributed by atoms with Crippen LogP contribution in [0, 0.1) is 5.41 Å². The van der Waals surface area contributed by atoms with Gasteiger partial charge in [0.05, 0.1) is 16.3 Å². The van der Waals surface area contributed by atoms with Crippen molar-refractivity contribution in [3.8, 4) is 0 Å². The van der Waals surface area contributed by atoms with E-state index in [4.69, 9.17) is 11.1 Å². The minimum absolute atomic E-state index is 0.0548. The molecule has 18 heavy (non-hydrogen) atoms. The first-order valence-electron chi connectivity index (χ1n) is 5.40. The second-order valence-electron chi connectivity index (χ2n) is 4.22. The van der Waals surface area contributed by atoms with Crippen molar-refractivity contribution in [2.24, 2.45) is 0 Å². The highest BCUT2D eigenvalue weighted by molar-refractivity contribution is 7.90. The molecule has 2 rings (SSSR count). The average Bonchev–Trinajstić information content (AvgIpc) is 2.63. The van der Waals surface area contributed by atoms with E-state index in [0.717, 1.165) is 10.2 Å². The number of benzene rings is 1. The summed E-state index contributed by atoms with van der Waals surface area (Å²) < 4.78 is 25.5. The topological polar surface area (TPSA) is 102 Å². The third-order valence-electron chi connectivity index (χ3n) is 2.68. The molecule has 0 aliphatic heterocycles. The first-order chi connectivity index (χ1) is 8.37. The van der Waals surface area contributed by atoms with Gasteiger partial charge < -0.3 is 11.1 Å². The third kappa shape index (κ3) is 1.76. The number of nitrogen functional groups attached to an aromatic ring is 1. The Morgan fingerprint density at radius 2 is 2.11 bits per heavy atom. The molecule has 1 heterocycles. The number of fused-ring (bicyclic) bond motifs is 1. The van der Waals surface area contributed by atoms with Crippen LogP contribution in [0.25, 0.3) is 11.0 Å². The molecule has 3 N–H and O–H groups in total. The standard InChI is InChI=1S/C11H14N4O2S/c1-7(2)18(16,17)15-10-5-8(6-12)3-4-9(10)14-11(15)13/h3-7,12H,1-2H3,(H2,13,14). The molecular formula is C11H14N4O2S. The normalized spacial score (nSPS) is 12.2. The number of rotatable bonds is 3. The van der Waals surface area contributed by atoms with E-state index in [-0.39, 0.29) is 5.95 Å². The van der Waals surface area contributed by atoms with Gasteiger partial charge in [-0.3, -0.25) is 0 Å². The summed E-state index contributed by atoms with van der Waals surface area (Å²) in [5.41, 5.74) is 7.19. The van der Waals surface area contributed by atoms with Gasteiger partial charge in [0.2, 0.25) is 16.0 Å². The Kier molecular flexibility index (Phi) is 2.86. The monoisotopic (exact) mass is 266 g/mol. The fraction of sp³-hybridized carbons (Fsp3) is 0.273. The fourth-order valence-electron chi connectivity index (χ4n) is 1.66. The van der Waals surface area contributed by atoms with Gasteiger partial charge in [0.1, 0.15) is 0 Å².